The van der Waals surface area contributed by atoms with Crippen molar-refractivity contribution < 1.29 is 9.59 Å². The van der Waals surface area contributed by atoms with Gasteiger partial charge in [-0.25, -0.2) is 4.79 Å². The summed E-state index contributed by atoms with van der Waals surface area (Å²) in [6.07, 6.45) is 1.69. The number of amides is 3. The minimum atomic E-state index is -0.160. The standard InChI is InChI=1S/C21H26ClN5O2/c1-14-11-16(7-8-18(14)22)12-23-21(29)26(3)17-5-4-10-27(13-17)20(28)19-9-6-15(2)24-25-19/h6-9,11,17H,4-5,10,12-13H2,1-3H3,(H,23,29)/t17-/m1/s1. The number of nitrogens with zero attached hydrogens (tertiary/aromatic N) is 4. The molecule has 3 rings (SSSR count). The molecular formula is C21H26ClN5O2. The van der Waals surface area contributed by atoms with Gasteiger partial charge < -0.3 is 15.1 Å². The van der Waals surface area contributed by atoms with Gasteiger partial charge in [-0.3, -0.25) is 4.79 Å². The maximum atomic E-state index is 12.7. The molecular weight excluding hydrogens is 390 g/mol. The second kappa shape index (κ2) is 9.22. The van der Waals surface area contributed by atoms with E-state index in [4.69, 9.17) is 11.6 Å². The van der Waals surface area contributed by atoms with Gasteiger partial charge in [0.15, 0.2) is 5.69 Å². The molecule has 1 aliphatic rings. The fourth-order valence-electron chi connectivity index (χ4n) is 3.42. The lowest BCUT2D eigenvalue weighted by molar-refractivity contribution is 0.0629. The van der Waals surface area contributed by atoms with Gasteiger partial charge in [0.25, 0.3) is 5.91 Å². The molecule has 7 nitrogen and oxygen atoms in total. The second-order valence-electron chi connectivity index (χ2n) is 7.46. The quantitative estimate of drug-likeness (QED) is 0.831. The van der Waals surface area contributed by atoms with Gasteiger partial charge in [-0.2, -0.15) is 5.10 Å². The van der Waals surface area contributed by atoms with E-state index >= 15 is 0 Å². The molecule has 0 spiro atoms. The minimum absolute atomic E-state index is 0.0435. The van der Waals surface area contributed by atoms with Crippen molar-refractivity contribution in [3.8, 4) is 0 Å². The number of piperidine rings is 1. The number of rotatable bonds is 4. The minimum Gasteiger partial charge on any atom is -0.335 e. The van der Waals surface area contributed by atoms with Gasteiger partial charge >= 0.3 is 6.03 Å². The van der Waals surface area contributed by atoms with E-state index < -0.39 is 0 Å². The third-order valence-corrected chi connectivity index (χ3v) is 5.66. The first-order chi connectivity index (χ1) is 13.8. The van der Waals surface area contributed by atoms with Gasteiger partial charge in [0.1, 0.15) is 0 Å². The Balaban J connectivity index is 1.57. The largest absolute Gasteiger partial charge is 0.335 e. The highest BCUT2D eigenvalue weighted by Crippen LogP contribution is 2.18. The zero-order chi connectivity index (χ0) is 21.0. The molecule has 1 atom stereocenters. The smallest absolute Gasteiger partial charge is 0.317 e. The predicted octanol–water partition coefficient (Wildman–Crippen LogP) is 3.19. The van der Waals surface area contributed by atoms with E-state index in [-0.39, 0.29) is 18.0 Å². The van der Waals surface area contributed by atoms with Crippen molar-refractivity contribution in [2.75, 3.05) is 20.1 Å². The van der Waals surface area contributed by atoms with Gasteiger partial charge in [-0.1, -0.05) is 23.7 Å². The van der Waals surface area contributed by atoms with Gasteiger partial charge in [-0.15, -0.1) is 5.10 Å². The molecule has 1 aromatic carbocycles. The van der Waals surface area contributed by atoms with E-state index in [2.05, 4.69) is 15.5 Å². The highest BCUT2D eigenvalue weighted by atomic mass is 35.5. The number of likely N-dealkylation sites (N-methyl/N-ethyl adjacent to an activating group) is 1. The number of aryl methyl sites for hydroxylation is 2. The average Bonchev–Trinajstić information content (AvgIpc) is 2.74. The lowest BCUT2D eigenvalue weighted by atomic mass is 10.0. The van der Waals surface area contributed by atoms with Crippen molar-refractivity contribution in [2.45, 2.75) is 39.3 Å². The lowest BCUT2D eigenvalue weighted by Crippen LogP contribution is -2.52. The van der Waals surface area contributed by atoms with Crippen LogP contribution in [0.2, 0.25) is 5.02 Å². The Labute approximate surface area is 176 Å². The Morgan fingerprint density at radius 3 is 2.72 bits per heavy atom. The van der Waals surface area contributed by atoms with Gasteiger partial charge in [-0.05, 0) is 56.0 Å². The highest BCUT2D eigenvalue weighted by Gasteiger charge is 2.29. The van der Waals surface area contributed by atoms with Gasteiger partial charge in [0, 0.05) is 31.7 Å². The normalized spacial score (nSPS) is 16.4. The number of halogens is 1. The maximum absolute atomic E-state index is 12.7. The third kappa shape index (κ3) is 5.23. The number of likely N-dealkylation sites (tertiary alicyclic amines) is 1. The third-order valence-electron chi connectivity index (χ3n) is 5.23. The first kappa shape index (κ1) is 21.0. The van der Waals surface area contributed by atoms with Crippen molar-refractivity contribution in [3.63, 3.8) is 0 Å². The SMILES string of the molecule is Cc1ccc(C(=O)N2CCC[C@@H](N(C)C(=O)NCc3ccc(Cl)c(C)c3)C2)nn1. The van der Waals surface area contributed by atoms with Crippen LogP contribution >= 0.6 is 11.6 Å². The summed E-state index contributed by atoms with van der Waals surface area (Å²) in [6.45, 7) is 5.33. The molecule has 2 heterocycles. The van der Waals surface area contributed by atoms with Crippen molar-refractivity contribution in [1.29, 1.82) is 0 Å². The summed E-state index contributed by atoms with van der Waals surface area (Å²) in [4.78, 5) is 28.8. The number of nitrogens with one attached hydrogen (secondary N) is 1. The molecule has 1 aliphatic heterocycles. The van der Waals surface area contributed by atoms with E-state index in [9.17, 15) is 9.59 Å². The molecule has 0 radical (unpaired) electrons. The number of benzene rings is 1. The molecule has 8 heteroatoms. The van der Waals surface area contributed by atoms with Crippen molar-refractivity contribution in [2.24, 2.45) is 0 Å². The van der Waals surface area contributed by atoms with Crippen LogP contribution in [0.5, 0.6) is 0 Å². The maximum Gasteiger partial charge on any atom is 0.317 e. The van der Waals surface area contributed by atoms with Crippen molar-refractivity contribution >= 4 is 23.5 Å². The van der Waals surface area contributed by atoms with Crippen LogP contribution in [0.3, 0.4) is 0 Å². The highest BCUT2D eigenvalue weighted by molar-refractivity contribution is 6.31. The van der Waals surface area contributed by atoms with Crippen LogP contribution in [0.25, 0.3) is 0 Å². The summed E-state index contributed by atoms with van der Waals surface area (Å²) < 4.78 is 0. The summed E-state index contributed by atoms with van der Waals surface area (Å²) in [5, 5.41) is 11.6. The zero-order valence-electron chi connectivity index (χ0n) is 17.0. The molecule has 0 saturated carbocycles. The van der Waals surface area contributed by atoms with E-state index in [1.165, 1.54) is 0 Å². The Bertz CT molecular complexity index is 887. The Morgan fingerprint density at radius 1 is 1.24 bits per heavy atom. The first-order valence-electron chi connectivity index (χ1n) is 9.70. The Hall–Kier alpha value is -2.67. The molecule has 3 amide bonds. The van der Waals surface area contributed by atoms with E-state index in [0.717, 1.165) is 29.7 Å². The van der Waals surface area contributed by atoms with Crippen LogP contribution < -0.4 is 5.32 Å². The number of aromatic nitrogens is 2. The van der Waals surface area contributed by atoms with E-state index in [1.807, 2.05) is 32.0 Å². The first-order valence-corrected chi connectivity index (χ1v) is 10.1. The summed E-state index contributed by atoms with van der Waals surface area (Å²) in [5.41, 5.74) is 3.08. The number of carbonyl (C=O) groups excluding carboxylic acids is 2. The molecule has 29 heavy (non-hydrogen) atoms. The molecule has 0 bridgehead atoms. The molecule has 1 fully saturated rings. The molecule has 1 saturated heterocycles. The topological polar surface area (TPSA) is 78.4 Å². The summed E-state index contributed by atoms with van der Waals surface area (Å²) in [5.74, 6) is -0.146. The second-order valence-corrected chi connectivity index (χ2v) is 7.87. The van der Waals surface area contributed by atoms with Crippen LogP contribution in [0, 0.1) is 13.8 Å². The predicted molar refractivity (Wildman–Crippen MR) is 112 cm³/mol. The molecule has 2 aromatic rings. The monoisotopic (exact) mass is 415 g/mol. The molecule has 0 unspecified atom stereocenters. The van der Waals surface area contributed by atoms with Crippen LogP contribution in [0.15, 0.2) is 30.3 Å². The summed E-state index contributed by atoms with van der Waals surface area (Å²) >= 11 is 6.05. The summed E-state index contributed by atoms with van der Waals surface area (Å²) in [6, 6.07) is 8.97. The Kier molecular flexibility index (Phi) is 6.69. The van der Waals surface area contributed by atoms with E-state index in [1.54, 1.807) is 29.0 Å². The molecule has 154 valence electrons. The fourth-order valence-corrected chi connectivity index (χ4v) is 3.53. The average molecular weight is 416 g/mol. The zero-order valence-corrected chi connectivity index (χ0v) is 17.7. The van der Waals surface area contributed by atoms with Gasteiger partial charge in [0.05, 0.1) is 11.7 Å². The Morgan fingerprint density at radius 2 is 2.03 bits per heavy atom. The van der Waals surface area contributed by atoms with Crippen LogP contribution in [-0.4, -0.2) is 58.1 Å². The summed E-state index contributed by atoms with van der Waals surface area (Å²) in [7, 11) is 1.77. The van der Waals surface area contributed by atoms with E-state index in [0.29, 0.717) is 30.4 Å². The molecule has 0 aliphatic carbocycles. The molecule has 1 N–H and O–H groups in total. The van der Waals surface area contributed by atoms with Crippen LogP contribution in [0.4, 0.5) is 4.79 Å². The van der Waals surface area contributed by atoms with Crippen LogP contribution in [-0.2, 0) is 6.54 Å². The molecule has 1 aromatic heterocycles. The van der Waals surface area contributed by atoms with Crippen molar-refractivity contribution in [3.05, 3.63) is 57.9 Å². The number of hydrogen-bond acceptors (Lipinski definition) is 4. The number of urea groups is 1. The number of hydrogen-bond donors (Lipinski definition) is 1. The number of carbonyl (C=O) groups is 2. The van der Waals surface area contributed by atoms with Crippen LogP contribution in [0.1, 0.15) is 40.2 Å². The van der Waals surface area contributed by atoms with Gasteiger partial charge in [0.2, 0.25) is 0 Å². The fraction of sp³-hybridized carbons (Fsp3) is 0.429. The van der Waals surface area contributed by atoms with Crippen molar-refractivity contribution in [1.82, 2.24) is 25.3 Å². The lowest BCUT2D eigenvalue weighted by Gasteiger charge is -2.37.